The van der Waals surface area contributed by atoms with Crippen molar-refractivity contribution in [3.63, 3.8) is 0 Å². The van der Waals surface area contributed by atoms with Crippen LogP contribution in [0.4, 0.5) is 10.2 Å². The largest absolute Gasteiger partial charge is 0.373 e. The molecule has 7 nitrogen and oxygen atoms in total. The molecule has 2 atom stereocenters. The highest BCUT2D eigenvalue weighted by atomic mass is 32.2. The number of hydrogen-bond donors (Lipinski definition) is 1. The number of benzene rings is 1. The van der Waals surface area contributed by atoms with E-state index < -0.39 is 10.0 Å². The molecular formula is C16H21FN4O3S. The van der Waals surface area contributed by atoms with E-state index in [1.54, 1.807) is 6.07 Å². The Kier molecular flexibility index (Phi) is 5.16. The number of morpholine rings is 1. The number of fused-ring (bicyclic) bond motifs is 1. The van der Waals surface area contributed by atoms with Gasteiger partial charge in [0.15, 0.2) is 0 Å². The summed E-state index contributed by atoms with van der Waals surface area (Å²) in [5.41, 5.74) is 0.469. The molecular weight excluding hydrogens is 347 g/mol. The molecule has 1 saturated heterocycles. The van der Waals surface area contributed by atoms with Crippen LogP contribution in [0.25, 0.3) is 10.9 Å². The molecule has 1 N–H and O–H groups in total. The van der Waals surface area contributed by atoms with Crippen LogP contribution in [-0.4, -0.2) is 60.3 Å². The Morgan fingerprint density at radius 2 is 2.00 bits per heavy atom. The van der Waals surface area contributed by atoms with Crippen molar-refractivity contribution in [3.8, 4) is 0 Å². The summed E-state index contributed by atoms with van der Waals surface area (Å²) < 4.78 is 45.4. The third-order valence-electron chi connectivity index (χ3n) is 4.03. The highest BCUT2D eigenvalue weighted by Gasteiger charge is 2.30. The van der Waals surface area contributed by atoms with Crippen molar-refractivity contribution in [3.05, 3.63) is 30.3 Å². The van der Waals surface area contributed by atoms with Gasteiger partial charge in [0.05, 0.1) is 23.5 Å². The minimum Gasteiger partial charge on any atom is -0.373 e. The molecule has 25 heavy (non-hydrogen) atoms. The summed E-state index contributed by atoms with van der Waals surface area (Å²) in [7, 11) is -3.39. The van der Waals surface area contributed by atoms with Gasteiger partial charge in [-0.3, -0.25) is 0 Å². The molecule has 136 valence electrons. The molecule has 2 aromatic rings. The van der Waals surface area contributed by atoms with E-state index in [9.17, 15) is 12.8 Å². The van der Waals surface area contributed by atoms with Gasteiger partial charge in [0.1, 0.15) is 18.0 Å². The summed E-state index contributed by atoms with van der Waals surface area (Å²) in [4.78, 5) is 8.14. The van der Waals surface area contributed by atoms with Crippen LogP contribution in [0.2, 0.25) is 0 Å². The lowest BCUT2D eigenvalue weighted by Crippen LogP contribution is -2.49. The van der Waals surface area contributed by atoms with Gasteiger partial charge in [-0.15, -0.1) is 0 Å². The lowest BCUT2D eigenvalue weighted by Gasteiger charge is -2.34. The number of aromatic nitrogens is 2. The molecule has 1 aliphatic rings. The molecule has 0 saturated carbocycles. The molecule has 1 fully saturated rings. The minimum atomic E-state index is -3.39. The van der Waals surface area contributed by atoms with Crippen LogP contribution < -0.4 is 5.32 Å². The van der Waals surface area contributed by atoms with E-state index in [0.29, 0.717) is 29.8 Å². The van der Waals surface area contributed by atoms with Crippen molar-refractivity contribution in [2.75, 3.05) is 30.7 Å². The summed E-state index contributed by atoms with van der Waals surface area (Å²) in [5, 5.41) is 3.66. The maximum atomic E-state index is 13.3. The molecule has 2 heterocycles. The SMILES string of the molecule is C[C@@H]1CN(S(=O)(=O)CCNc2ncnc3cc(F)ccc23)C[C@H](C)O1. The fourth-order valence-corrected chi connectivity index (χ4v) is 4.45. The van der Waals surface area contributed by atoms with Crippen molar-refractivity contribution < 1.29 is 17.5 Å². The Morgan fingerprint density at radius 1 is 1.28 bits per heavy atom. The van der Waals surface area contributed by atoms with Crippen LogP contribution in [0.15, 0.2) is 24.5 Å². The first kappa shape index (κ1) is 18.0. The van der Waals surface area contributed by atoms with Gasteiger partial charge in [-0.1, -0.05) is 0 Å². The number of rotatable bonds is 5. The summed E-state index contributed by atoms with van der Waals surface area (Å²) >= 11 is 0. The summed E-state index contributed by atoms with van der Waals surface area (Å²) in [5.74, 6) is 0.0540. The molecule has 0 bridgehead atoms. The molecule has 0 radical (unpaired) electrons. The van der Waals surface area contributed by atoms with E-state index in [1.165, 1.54) is 22.8 Å². The van der Waals surface area contributed by atoms with E-state index in [1.807, 2.05) is 13.8 Å². The fraction of sp³-hybridized carbons (Fsp3) is 0.500. The van der Waals surface area contributed by atoms with Gasteiger partial charge in [-0.2, -0.15) is 4.31 Å². The summed E-state index contributed by atoms with van der Waals surface area (Å²) in [6.07, 6.45) is 1.09. The number of hydrogen-bond acceptors (Lipinski definition) is 6. The quantitative estimate of drug-likeness (QED) is 0.863. The molecule has 1 aromatic carbocycles. The lowest BCUT2D eigenvalue weighted by atomic mass is 10.2. The van der Waals surface area contributed by atoms with Crippen molar-refractivity contribution in [2.24, 2.45) is 0 Å². The van der Waals surface area contributed by atoms with Crippen LogP contribution in [-0.2, 0) is 14.8 Å². The molecule has 0 spiro atoms. The van der Waals surface area contributed by atoms with E-state index in [0.717, 1.165) is 0 Å². The Bertz CT molecular complexity index is 852. The Hall–Kier alpha value is -1.84. The predicted octanol–water partition coefficient (Wildman–Crippen LogP) is 1.62. The average Bonchev–Trinajstić information content (AvgIpc) is 2.53. The van der Waals surface area contributed by atoms with Gasteiger partial charge in [-0.25, -0.2) is 22.8 Å². The zero-order valence-electron chi connectivity index (χ0n) is 14.1. The number of anilines is 1. The summed E-state index contributed by atoms with van der Waals surface area (Å²) in [6.45, 7) is 4.65. The van der Waals surface area contributed by atoms with Crippen molar-refractivity contribution in [1.82, 2.24) is 14.3 Å². The number of nitrogens with zero attached hydrogens (tertiary/aromatic N) is 3. The highest BCUT2D eigenvalue weighted by molar-refractivity contribution is 7.89. The standard InChI is InChI=1S/C16H21FN4O3S/c1-11-8-21(9-12(2)24-11)25(22,23)6-5-18-16-14-4-3-13(17)7-15(14)19-10-20-16/h3-4,7,10-12H,5-6,8-9H2,1-2H3,(H,18,19,20)/t11-,12+. The number of nitrogens with one attached hydrogen (secondary N) is 1. The second-order valence-corrected chi connectivity index (χ2v) is 8.29. The van der Waals surface area contributed by atoms with Crippen LogP contribution in [0, 0.1) is 5.82 Å². The maximum absolute atomic E-state index is 13.3. The van der Waals surface area contributed by atoms with E-state index in [2.05, 4.69) is 15.3 Å². The maximum Gasteiger partial charge on any atom is 0.216 e. The number of ether oxygens (including phenoxy) is 1. The monoisotopic (exact) mass is 368 g/mol. The zero-order valence-corrected chi connectivity index (χ0v) is 15.0. The minimum absolute atomic E-state index is 0.0564. The van der Waals surface area contributed by atoms with Gasteiger partial charge >= 0.3 is 0 Å². The average molecular weight is 368 g/mol. The van der Waals surface area contributed by atoms with E-state index >= 15 is 0 Å². The number of sulfonamides is 1. The highest BCUT2D eigenvalue weighted by Crippen LogP contribution is 2.20. The first-order valence-electron chi connectivity index (χ1n) is 8.12. The molecule has 9 heteroatoms. The lowest BCUT2D eigenvalue weighted by molar-refractivity contribution is -0.0440. The van der Waals surface area contributed by atoms with Crippen LogP contribution in [0.3, 0.4) is 0 Å². The number of halogens is 1. The Morgan fingerprint density at radius 3 is 2.72 bits per heavy atom. The van der Waals surface area contributed by atoms with Gasteiger partial charge in [-0.05, 0) is 26.0 Å². The van der Waals surface area contributed by atoms with Crippen LogP contribution >= 0.6 is 0 Å². The Balaban J connectivity index is 1.66. The third-order valence-corrected chi connectivity index (χ3v) is 5.84. The first-order valence-corrected chi connectivity index (χ1v) is 9.73. The van der Waals surface area contributed by atoms with E-state index in [-0.39, 0.29) is 30.3 Å². The zero-order chi connectivity index (χ0) is 18.0. The second-order valence-electron chi connectivity index (χ2n) is 6.20. The Labute approximate surface area is 146 Å². The van der Waals surface area contributed by atoms with Gasteiger partial charge in [0.2, 0.25) is 10.0 Å². The molecule has 0 aliphatic carbocycles. The molecule has 1 aromatic heterocycles. The van der Waals surface area contributed by atoms with Crippen LogP contribution in [0.1, 0.15) is 13.8 Å². The summed E-state index contributed by atoms with van der Waals surface area (Å²) in [6, 6.07) is 4.21. The molecule has 0 unspecified atom stereocenters. The van der Waals surface area contributed by atoms with Gasteiger partial charge in [0.25, 0.3) is 0 Å². The van der Waals surface area contributed by atoms with Crippen molar-refractivity contribution >= 4 is 26.7 Å². The molecule has 3 rings (SSSR count). The predicted molar refractivity (Wildman–Crippen MR) is 93.4 cm³/mol. The molecule has 0 amide bonds. The van der Waals surface area contributed by atoms with Crippen molar-refractivity contribution in [2.45, 2.75) is 26.1 Å². The van der Waals surface area contributed by atoms with Gasteiger partial charge < -0.3 is 10.1 Å². The second kappa shape index (κ2) is 7.19. The van der Waals surface area contributed by atoms with E-state index in [4.69, 9.17) is 4.74 Å². The third kappa shape index (κ3) is 4.23. The normalized spacial score (nSPS) is 22.2. The topological polar surface area (TPSA) is 84.4 Å². The molecule has 1 aliphatic heterocycles. The first-order chi connectivity index (χ1) is 11.8. The van der Waals surface area contributed by atoms with Gasteiger partial charge in [0, 0.05) is 31.1 Å². The fourth-order valence-electron chi connectivity index (χ4n) is 2.96. The van der Waals surface area contributed by atoms with Crippen molar-refractivity contribution in [1.29, 1.82) is 0 Å². The van der Waals surface area contributed by atoms with Crippen LogP contribution in [0.5, 0.6) is 0 Å². The smallest absolute Gasteiger partial charge is 0.216 e.